The molecule has 0 unspecified atom stereocenters. The fraction of sp³-hybridized carbons (Fsp3) is 0. The van der Waals surface area contributed by atoms with Crippen LogP contribution in [-0.4, -0.2) is 22.1 Å². The Hall–Kier alpha value is -1.86. The van der Waals surface area contributed by atoms with Crippen LogP contribution in [0.2, 0.25) is 0 Å². The molecule has 5 nitrogen and oxygen atoms in total. The third kappa shape index (κ3) is 3.43. The molecule has 0 aliphatic rings. The van der Waals surface area contributed by atoms with Crippen LogP contribution in [0.25, 0.3) is 0 Å². The van der Waals surface area contributed by atoms with Crippen LogP contribution in [-0.2, 0) is 0 Å². The number of phenols is 1. The molecule has 0 radical (unpaired) electrons. The highest BCUT2D eigenvalue weighted by Crippen LogP contribution is 2.29. The minimum atomic E-state index is -1.16. The van der Waals surface area contributed by atoms with Crippen LogP contribution < -0.4 is 5.32 Å². The number of aromatic hydroxyl groups is 1. The normalized spacial score (nSPS) is 10.2. The Morgan fingerprint density at radius 1 is 1.05 bits per heavy atom. The molecule has 0 aliphatic heterocycles. The van der Waals surface area contributed by atoms with E-state index in [-0.39, 0.29) is 22.6 Å². The molecule has 2 aromatic carbocycles. The van der Waals surface area contributed by atoms with Crippen molar-refractivity contribution in [3.63, 3.8) is 0 Å². The van der Waals surface area contributed by atoms with Gasteiger partial charge >= 0.3 is 5.97 Å². The van der Waals surface area contributed by atoms with Gasteiger partial charge in [-0.05, 0) is 46.3 Å². The number of phenolic OH excluding ortho intramolecular Hbond substituents is 1. The van der Waals surface area contributed by atoms with Gasteiger partial charge in [-0.15, -0.1) is 0 Å². The maximum absolute atomic E-state index is 12.2. The number of hydrogen-bond donors (Lipinski definition) is 3. The Bertz CT molecular complexity index is 731. The van der Waals surface area contributed by atoms with Crippen molar-refractivity contribution in [2.75, 3.05) is 5.32 Å². The number of carbonyl (C=O) groups is 2. The number of aromatic carboxylic acids is 1. The summed E-state index contributed by atoms with van der Waals surface area (Å²) in [5.41, 5.74) is 0.136. The first-order valence-electron chi connectivity index (χ1n) is 5.72. The van der Waals surface area contributed by atoms with Gasteiger partial charge in [-0.2, -0.15) is 0 Å². The Morgan fingerprint density at radius 3 is 2.38 bits per heavy atom. The number of anilines is 1. The number of hydrogen-bond acceptors (Lipinski definition) is 3. The number of rotatable bonds is 3. The Labute approximate surface area is 136 Å². The molecule has 21 heavy (non-hydrogen) atoms. The van der Waals surface area contributed by atoms with E-state index in [4.69, 9.17) is 5.11 Å². The summed E-state index contributed by atoms with van der Waals surface area (Å²) < 4.78 is 1.07. The predicted molar refractivity (Wildman–Crippen MR) is 84.9 cm³/mol. The fourth-order valence-corrected chi connectivity index (χ4v) is 2.52. The predicted octanol–water partition coefficient (Wildman–Crippen LogP) is 3.87. The summed E-state index contributed by atoms with van der Waals surface area (Å²) in [7, 11) is 0. The summed E-state index contributed by atoms with van der Waals surface area (Å²) in [6.45, 7) is 0. The lowest BCUT2D eigenvalue weighted by Gasteiger charge is -2.11. The van der Waals surface area contributed by atoms with Gasteiger partial charge < -0.3 is 15.5 Å². The summed E-state index contributed by atoms with van der Waals surface area (Å²) in [4.78, 5) is 23.3. The molecule has 7 heteroatoms. The van der Waals surface area contributed by atoms with Crippen LogP contribution >= 0.6 is 31.9 Å². The smallest absolute Gasteiger partial charge is 0.337 e. The number of carboxylic acids is 1. The van der Waals surface area contributed by atoms with Gasteiger partial charge in [0, 0.05) is 8.95 Å². The van der Waals surface area contributed by atoms with E-state index >= 15 is 0 Å². The van der Waals surface area contributed by atoms with Crippen LogP contribution in [0.4, 0.5) is 5.69 Å². The molecule has 0 fully saturated rings. The van der Waals surface area contributed by atoms with E-state index < -0.39 is 11.9 Å². The third-order valence-corrected chi connectivity index (χ3v) is 3.84. The molecular weight excluding hydrogens is 406 g/mol. The van der Waals surface area contributed by atoms with Crippen molar-refractivity contribution >= 4 is 49.4 Å². The number of amides is 1. The monoisotopic (exact) mass is 413 g/mol. The zero-order chi connectivity index (χ0) is 15.6. The molecule has 2 rings (SSSR count). The largest absolute Gasteiger partial charge is 0.507 e. The molecule has 0 bridgehead atoms. The molecule has 3 N–H and O–H groups in total. The van der Waals surface area contributed by atoms with E-state index in [1.54, 1.807) is 18.2 Å². The fourth-order valence-electron chi connectivity index (χ4n) is 1.71. The second-order valence-corrected chi connectivity index (χ2v) is 5.85. The van der Waals surface area contributed by atoms with Crippen LogP contribution in [0.1, 0.15) is 20.7 Å². The highest BCUT2D eigenvalue weighted by atomic mass is 79.9. The molecule has 0 heterocycles. The van der Waals surface area contributed by atoms with Gasteiger partial charge in [0.1, 0.15) is 5.75 Å². The second kappa shape index (κ2) is 6.28. The van der Waals surface area contributed by atoms with Crippen LogP contribution in [0.3, 0.4) is 0 Å². The second-order valence-electron chi connectivity index (χ2n) is 4.08. The van der Waals surface area contributed by atoms with Gasteiger partial charge in [-0.1, -0.05) is 22.0 Å². The van der Waals surface area contributed by atoms with E-state index in [2.05, 4.69) is 37.2 Å². The van der Waals surface area contributed by atoms with Crippen molar-refractivity contribution in [2.24, 2.45) is 0 Å². The summed E-state index contributed by atoms with van der Waals surface area (Å²) in [5, 5.41) is 21.4. The highest BCUT2D eigenvalue weighted by molar-refractivity contribution is 9.10. The van der Waals surface area contributed by atoms with Gasteiger partial charge in [0.05, 0.1) is 16.8 Å². The molecule has 0 aromatic heterocycles. The van der Waals surface area contributed by atoms with Gasteiger partial charge in [0.2, 0.25) is 0 Å². The Morgan fingerprint density at radius 2 is 1.76 bits per heavy atom. The molecule has 108 valence electrons. The van der Waals surface area contributed by atoms with E-state index in [0.717, 1.165) is 0 Å². The molecular formula is C14H9Br2NO4. The number of nitrogens with one attached hydrogen (secondary N) is 1. The number of halogens is 2. The Balaban J connectivity index is 2.38. The maximum atomic E-state index is 12.2. The first-order valence-corrected chi connectivity index (χ1v) is 7.30. The van der Waals surface area contributed by atoms with E-state index in [9.17, 15) is 14.7 Å². The SMILES string of the molecule is O=C(Nc1c(Br)cccc1C(=O)O)c1ccc(Br)cc1O. The molecule has 1 amide bonds. The topological polar surface area (TPSA) is 86.6 Å². The van der Waals surface area contributed by atoms with Crippen molar-refractivity contribution in [3.8, 4) is 5.75 Å². The van der Waals surface area contributed by atoms with Gasteiger partial charge in [-0.25, -0.2) is 4.79 Å². The van der Waals surface area contributed by atoms with E-state index in [0.29, 0.717) is 8.95 Å². The van der Waals surface area contributed by atoms with Crippen LogP contribution in [0.5, 0.6) is 5.75 Å². The maximum Gasteiger partial charge on any atom is 0.337 e. The van der Waals surface area contributed by atoms with Crippen molar-refractivity contribution in [1.82, 2.24) is 0 Å². The number of para-hydroxylation sites is 1. The molecule has 0 saturated carbocycles. The summed E-state index contributed by atoms with van der Waals surface area (Å²) in [5.74, 6) is -1.97. The summed E-state index contributed by atoms with van der Waals surface area (Å²) in [6.07, 6.45) is 0. The van der Waals surface area contributed by atoms with Crippen molar-refractivity contribution in [3.05, 3.63) is 56.5 Å². The average Bonchev–Trinajstić information content (AvgIpc) is 2.40. The number of carbonyl (C=O) groups excluding carboxylic acids is 1. The minimum Gasteiger partial charge on any atom is -0.507 e. The quantitative estimate of drug-likeness (QED) is 0.711. The lowest BCUT2D eigenvalue weighted by molar-refractivity contribution is 0.0698. The highest BCUT2D eigenvalue weighted by Gasteiger charge is 2.18. The van der Waals surface area contributed by atoms with E-state index in [1.807, 2.05) is 0 Å². The minimum absolute atomic E-state index is 0.0466. The van der Waals surface area contributed by atoms with E-state index in [1.165, 1.54) is 18.2 Å². The first kappa shape index (κ1) is 15.5. The number of carboxylic acid groups (broad SMARTS) is 1. The molecule has 0 saturated heterocycles. The Kier molecular flexibility index (Phi) is 4.64. The molecule has 0 atom stereocenters. The summed E-state index contributed by atoms with van der Waals surface area (Å²) in [6, 6.07) is 8.97. The zero-order valence-electron chi connectivity index (χ0n) is 10.4. The summed E-state index contributed by atoms with van der Waals surface area (Å²) >= 11 is 6.38. The first-order chi connectivity index (χ1) is 9.90. The molecule has 2 aromatic rings. The van der Waals surface area contributed by atoms with Gasteiger partial charge in [0.25, 0.3) is 5.91 Å². The average molecular weight is 415 g/mol. The lowest BCUT2D eigenvalue weighted by atomic mass is 10.1. The van der Waals surface area contributed by atoms with Crippen molar-refractivity contribution in [1.29, 1.82) is 0 Å². The standard InChI is InChI=1S/C14H9Br2NO4/c15-7-4-5-8(11(18)6-7)13(19)17-12-9(14(20)21)2-1-3-10(12)16/h1-6,18H,(H,17,19)(H,20,21). The van der Waals surface area contributed by atoms with Crippen molar-refractivity contribution in [2.45, 2.75) is 0 Å². The molecule has 0 aliphatic carbocycles. The third-order valence-electron chi connectivity index (χ3n) is 2.69. The van der Waals surface area contributed by atoms with Gasteiger partial charge in [0.15, 0.2) is 0 Å². The van der Waals surface area contributed by atoms with Crippen LogP contribution in [0, 0.1) is 0 Å². The van der Waals surface area contributed by atoms with Gasteiger partial charge in [-0.3, -0.25) is 4.79 Å². The number of benzene rings is 2. The van der Waals surface area contributed by atoms with Crippen LogP contribution in [0.15, 0.2) is 45.3 Å². The van der Waals surface area contributed by atoms with Crippen molar-refractivity contribution < 1.29 is 19.8 Å². The lowest BCUT2D eigenvalue weighted by Crippen LogP contribution is -2.15. The zero-order valence-corrected chi connectivity index (χ0v) is 13.6. The molecule has 0 spiro atoms.